The number of Topliss-reactive ketones (excluding diaryl/α,β-unsaturated/α-hetero) is 1. The summed E-state index contributed by atoms with van der Waals surface area (Å²) in [7, 11) is -3.67. The molecule has 1 saturated carbocycles. The molecule has 2 aromatic rings. The van der Waals surface area contributed by atoms with Gasteiger partial charge in [0, 0.05) is 36.8 Å². The van der Waals surface area contributed by atoms with Crippen molar-refractivity contribution in [2.45, 2.75) is 36.5 Å². The van der Waals surface area contributed by atoms with E-state index in [1.165, 1.54) is 35.5 Å². The summed E-state index contributed by atoms with van der Waals surface area (Å²) >= 11 is 6.01. The Labute approximate surface area is 187 Å². The van der Waals surface area contributed by atoms with Crippen molar-refractivity contribution >= 4 is 33.3 Å². The van der Waals surface area contributed by atoms with Gasteiger partial charge in [0.1, 0.15) is 0 Å². The van der Waals surface area contributed by atoms with E-state index in [1.807, 2.05) is 24.3 Å². The maximum absolute atomic E-state index is 13.4. The van der Waals surface area contributed by atoms with Gasteiger partial charge in [-0.05, 0) is 49.6 Å². The highest BCUT2D eigenvalue weighted by atomic mass is 35.5. The largest absolute Gasteiger partial charge is 0.339 e. The first-order valence-corrected chi connectivity index (χ1v) is 12.2. The molecule has 0 radical (unpaired) electrons. The maximum Gasteiger partial charge on any atom is 0.243 e. The molecule has 0 unspecified atom stereocenters. The topological polar surface area (TPSA) is 74.8 Å². The lowest BCUT2D eigenvalue weighted by molar-refractivity contribution is -0.142. The third-order valence-electron chi connectivity index (χ3n) is 6.44. The number of rotatable bonds is 5. The molecule has 0 atom stereocenters. The third-order valence-corrected chi connectivity index (χ3v) is 8.60. The second kappa shape index (κ2) is 8.37. The minimum atomic E-state index is -3.67. The molecular weight excluding hydrogens is 436 g/mol. The predicted octanol–water partition coefficient (Wildman–Crippen LogP) is 3.50. The number of halogens is 1. The molecule has 6 nitrogen and oxygen atoms in total. The predicted molar refractivity (Wildman–Crippen MR) is 119 cm³/mol. The molecule has 0 N–H and O–H groups in total. The molecule has 2 fully saturated rings. The van der Waals surface area contributed by atoms with Gasteiger partial charge in [0.2, 0.25) is 15.9 Å². The quantitative estimate of drug-likeness (QED) is 0.640. The first-order chi connectivity index (χ1) is 14.7. The summed E-state index contributed by atoms with van der Waals surface area (Å²) in [6.45, 7) is 2.66. The second-order valence-corrected chi connectivity index (χ2v) is 10.6. The van der Waals surface area contributed by atoms with Gasteiger partial charge in [-0.15, -0.1) is 0 Å². The average Bonchev–Trinajstić information content (AvgIpc) is 2.74. The number of sulfonamides is 1. The van der Waals surface area contributed by atoms with Gasteiger partial charge in [-0.1, -0.05) is 42.3 Å². The highest BCUT2D eigenvalue weighted by Gasteiger charge is 2.48. The van der Waals surface area contributed by atoms with Crippen molar-refractivity contribution in [3.8, 4) is 0 Å². The average molecular weight is 461 g/mol. The summed E-state index contributed by atoms with van der Waals surface area (Å²) in [4.78, 5) is 26.8. The van der Waals surface area contributed by atoms with Gasteiger partial charge in [-0.2, -0.15) is 4.31 Å². The zero-order valence-corrected chi connectivity index (χ0v) is 19.0. The number of ketones is 1. The third kappa shape index (κ3) is 4.02. The van der Waals surface area contributed by atoms with Crippen molar-refractivity contribution in [3.05, 3.63) is 64.7 Å². The molecule has 0 spiro atoms. The molecule has 2 aliphatic rings. The summed E-state index contributed by atoms with van der Waals surface area (Å²) in [5, 5.41) is 0.640. The van der Waals surface area contributed by atoms with Crippen LogP contribution in [0.5, 0.6) is 0 Å². The molecule has 164 valence electrons. The second-order valence-electron chi connectivity index (χ2n) is 8.22. The summed E-state index contributed by atoms with van der Waals surface area (Å²) in [5.74, 6) is -0.0365. The van der Waals surface area contributed by atoms with E-state index in [2.05, 4.69) is 0 Å². The van der Waals surface area contributed by atoms with E-state index in [-0.39, 0.29) is 29.7 Å². The van der Waals surface area contributed by atoms with Crippen molar-refractivity contribution in [1.82, 2.24) is 9.21 Å². The number of hydrogen-bond donors (Lipinski definition) is 0. The highest BCUT2D eigenvalue weighted by molar-refractivity contribution is 7.89. The number of piperazine rings is 1. The van der Waals surface area contributed by atoms with Crippen LogP contribution in [0.1, 0.15) is 42.1 Å². The van der Waals surface area contributed by atoms with Gasteiger partial charge in [0.15, 0.2) is 5.78 Å². The van der Waals surface area contributed by atoms with Crippen LogP contribution in [0, 0.1) is 0 Å². The summed E-state index contributed by atoms with van der Waals surface area (Å²) < 4.78 is 27.4. The Morgan fingerprint density at radius 2 is 1.48 bits per heavy atom. The Bertz CT molecular complexity index is 1090. The molecule has 1 saturated heterocycles. The van der Waals surface area contributed by atoms with Gasteiger partial charge >= 0.3 is 0 Å². The van der Waals surface area contributed by atoms with Gasteiger partial charge < -0.3 is 4.90 Å². The minimum Gasteiger partial charge on any atom is -0.339 e. The molecule has 31 heavy (non-hydrogen) atoms. The van der Waals surface area contributed by atoms with E-state index in [9.17, 15) is 18.0 Å². The Hall–Kier alpha value is -2.22. The smallest absolute Gasteiger partial charge is 0.243 e. The van der Waals surface area contributed by atoms with Crippen molar-refractivity contribution in [2.75, 3.05) is 26.2 Å². The van der Waals surface area contributed by atoms with E-state index in [4.69, 9.17) is 11.6 Å². The lowest BCUT2D eigenvalue weighted by Crippen LogP contribution is -2.57. The molecule has 1 aliphatic carbocycles. The van der Waals surface area contributed by atoms with Gasteiger partial charge in [0.25, 0.3) is 0 Å². The van der Waals surface area contributed by atoms with E-state index in [0.29, 0.717) is 23.7 Å². The van der Waals surface area contributed by atoms with Crippen molar-refractivity contribution in [3.63, 3.8) is 0 Å². The first-order valence-electron chi connectivity index (χ1n) is 10.4. The fraction of sp³-hybridized carbons (Fsp3) is 0.391. The summed E-state index contributed by atoms with van der Waals surface area (Å²) in [6, 6.07) is 13.5. The van der Waals surface area contributed by atoms with E-state index < -0.39 is 15.4 Å². The van der Waals surface area contributed by atoms with Crippen LogP contribution in [0.15, 0.2) is 53.4 Å². The molecule has 1 amide bonds. The van der Waals surface area contributed by atoms with Crippen LogP contribution < -0.4 is 0 Å². The molecule has 8 heteroatoms. The standard InChI is InChI=1S/C23H25ClN2O4S/c1-17(27)18-3-9-21(10-4-18)31(29,30)26-15-13-25(14-16-26)22(28)23(11-2-12-23)19-5-7-20(24)8-6-19/h3-10H,2,11-16H2,1H3. The lowest BCUT2D eigenvalue weighted by atomic mass is 9.63. The minimum absolute atomic E-state index is 0.0731. The van der Waals surface area contributed by atoms with Crippen LogP contribution in [-0.4, -0.2) is 55.5 Å². The highest BCUT2D eigenvalue weighted by Crippen LogP contribution is 2.45. The van der Waals surface area contributed by atoms with Gasteiger partial charge in [-0.3, -0.25) is 9.59 Å². The molecule has 0 bridgehead atoms. The Morgan fingerprint density at radius 1 is 0.903 bits per heavy atom. The van der Waals surface area contributed by atoms with Gasteiger partial charge in [0.05, 0.1) is 10.3 Å². The molecule has 1 heterocycles. The number of benzene rings is 2. The zero-order chi connectivity index (χ0) is 22.2. The number of carbonyl (C=O) groups is 2. The Balaban J connectivity index is 1.46. The van der Waals surface area contributed by atoms with Crippen molar-refractivity contribution in [1.29, 1.82) is 0 Å². The first kappa shape index (κ1) is 22.0. The van der Waals surface area contributed by atoms with Crippen LogP contribution in [0.25, 0.3) is 0 Å². The number of nitrogens with zero attached hydrogens (tertiary/aromatic N) is 2. The summed E-state index contributed by atoms with van der Waals surface area (Å²) in [5.41, 5.74) is 0.935. The lowest BCUT2D eigenvalue weighted by Gasteiger charge is -2.46. The van der Waals surface area contributed by atoms with Crippen molar-refractivity contribution in [2.24, 2.45) is 0 Å². The molecule has 4 rings (SSSR count). The van der Waals surface area contributed by atoms with E-state index >= 15 is 0 Å². The number of hydrogen-bond acceptors (Lipinski definition) is 4. The van der Waals surface area contributed by atoms with Gasteiger partial charge in [-0.25, -0.2) is 8.42 Å². The van der Waals surface area contributed by atoms with Crippen LogP contribution in [0.4, 0.5) is 0 Å². The molecule has 0 aromatic heterocycles. The molecule has 1 aliphatic heterocycles. The normalized spacial score (nSPS) is 19.0. The fourth-order valence-corrected chi connectivity index (χ4v) is 5.92. The Kier molecular flexibility index (Phi) is 5.94. The van der Waals surface area contributed by atoms with Crippen LogP contribution in [0.2, 0.25) is 5.02 Å². The van der Waals surface area contributed by atoms with Crippen molar-refractivity contribution < 1.29 is 18.0 Å². The van der Waals surface area contributed by atoms with Crippen LogP contribution in [-0.2, 0) is 20.2 Å². The fourth-order valence-electron chi connectivity index (χ4n) is 4.37. The summed E-state index contributed by atoms with van der Waals surface area (Å²) in [6.07, 6.45) is 2.60. The molecular formula is C23H25ClN2O4S. The van der Waals surface area contributed by atoms with Crippen LogP contribution in [0.3, 0.4) is 0 Å². The van der Waals surface area contributed by atoms with E-state index in [1.54, 1.807) is 4.90 Å². The zero-order valence-electron chi connectivity index (χ0n) is 17.4. The van der Waals surface area contributed by atoms with Crippen LogP contribution >= 0.6 is 11.6 Å². The SMILES string of the molecule is CC(=O)c1ccc(S(=O)(=O)N2CCN(C(=O)C3(c4ccc(Cl)cc4)CCC3)CC2)cc1. The number of amides is 1. The molecule has 2 aromatic carbocycles. The maximum atomic E-state index is 13.4. The number of carbonyl (C=O) groups excluding carboxylic acids is 2. The Morgan fingerprint density at radius 3 is 1.97 bits per heavy atom. The monoisotopic (exact) mass is 460 g/mol. The van der Waals surface area contributed by atoms with E-state index in [0.717, 1.165) is 24.8 Å².